The third kappa shape index (κ3) is 3.99. The minimum atomic E-state index is -1.25. The smallest absolute Gasteiger partial charge is 0.239 e. The molecule has 2 aromatic rings. The van der Waals surface area contributed by atoms with E-state index >= 15 is 0 Å². The zero-order valence-electron chi connectivity index (χ0n) is 14.2. The van der Waals surface area contributed by atoms with Crippen molar-refractivity contribution in [2.75, 3.05) is 19.3 Å². The first-order chi connectivity index (χ1) is 12.1. The van der Waals surface area contributed by atoms with Crippen molar-refractivity contribution in [3.8, 4) is 0 Å². The zero-order chi connectivity index (χ0) is 17.7. The van der Waals surface area contributed by atoms with Crippen LogP contribution in [-0.2, 0) is 22.0 Å². The van der Waals surface area contributed by atoms with Gasteiger partial charge in [0.1, 0.15) is 17.1 Å². The molecular formula is C18H23N3O3S. The summed E-state index contributed by atoms with van der Waals surface area (Å²) >= 11 is 0. The molecule has 6 nitrogen and oxygen atoms in total. The molecule has 2 heterocycles. The van der Waals surface area contributed by atoms with Crippen LogP contribution >= 0.6 is 0 Å². The molecule has 134 valence electrons. The van der Waals surface area contributed by atoms with E-state index in [1.54, 1.807) is 12.5 Å². The van der Waals surface area contributed by atoms with Crippen LogP contribution in [0.5, 0.6) is 0 Å². The first-order valence-electron chi connectivity index (χ1n) is 8.40. The topological polar surface area (TPSA) is 84.2 Å². The fraction of sp³-hybridized carbons (Fsp3) is 0.444. The van der Waals surface area contributed by atoms with Gasteiger partial charge in [-0.2, -0.15) is 0 Å². The second-order valence-corrected chi connectivity index (χ2v) is 7.97. The van der Waals surface area contributed by atoms with Crippen molar-refractivity contribution in [2.24, 2.45) is 0 Å². The quantitative estimate of drug-likeness (QED) is 0.816. The van der Waals surface area contributed by atoms with Gasteiger partial charge in [-0.15, -0.1) is 0 Å². The SMILES string of the molecule is CS(=O)C1(C(=O)NC(Cc2ccccc2)c2ncco2)CCNCC1. The Morgan fingerprint density at radius 3 is 2.68 bits per heavy atom. The van der Waals surface area contributed by atoms with Gasteiger partial charge in [0.25, 0.3) is 0 Å². The molecule has 1 aromatic carbocycles. The lowest BCUT2D eigenvalue weighted by Gasteiger charge is -2.35. The molecule has 7 heteroatoms. The van der Waals surface area contributed by atoms with Gasteiger partial charge in [-0.3, -0.25) is 9.00 Å². The minimum Gasteiger partial charge on any atom is -0.447 e. The molecule has 1 amide bonds. The second-order valence-electron chi connectivity index (χ2n) is 6.28. The number of carbonyl (C=O) groups excluding carboxylic acids is 1. The largest absolute Gasteiger partial charge is 0.447 e. The molecule has 0 bridgehead atoms. The Morgan fingerprint density at radius 2 is 2.08 bits per heavy atom. The Kier molecular flexibility index (Phi) is 5.65. The standard InChI is InChI=1S/C18H23N3O3S/c1-25(23)18(7-9-19-10-8-18)17(22)21-15(16-20-11-12-24-16)13-14-5-3-2-4-6-14/h2-6,11-12,15,19H,7-10,13H2,1H3,(H,21,22). The summed E-state index contributed by atoms with van der Waals surface area (Å²) in [6.07, 6.45) is 6.37. The van der Waals surface area contributed by atoms with Gasteiger partial charge < -0.3 is 15.1 Å². The van der Waals surface area contributed by atoms with Crippen LogP contribution in [-0.4, -0.2) is 39.2 Å². The fourth-order valence-electron chi connectivity index (χ4n) is 3.22. The van der Waals surface area contributed by atoms with Crippen LogP contribution in [0.4, 0.5) is 0 Å². The van der Waals surface area contributed by atoms with Gasteiger partial charge in [0.05, 0.1) is 6.20 Å². The van der Waals surface area contributed by atoms with Crippen molar-refractivity contribution in [3.63, 3.8) is 0 Å². The number of aromatic nitrogens is 1. The molecule has 1 aliphatic rings. The molecular weight excluding hydrogens is 338 g/mol. The van der Waals surface area contributed by atoms with Crippen LogP contribution in [0, 0.1) is 0 Å². The Balaban J connectivity index is 1.82. The Labute approximate surface area is 149 Å². The van der Waals surface area contributed by atoms with Crippen molar-refractivity contribution in [3.05, 3.63) is 54.2 Å². The summed E-state index contributed by atoms with van der Waals surface area (Å²) in [5, 5.41) is 6.27. The number of benzene rings is 1. The molecule has 1 aliphatic heterocycles. The summed E-state index contributed by atoms with van der Waals surface area (Å²) in [5.41, 5.74) is 1.07. The molecule has 2 atom stereocenters. The van der Waals surface area contributed by atoms with Crippen LogP contribution in [0.1, 0.15) is 30.3 Å². The van der Waals surface area contributed by atoms with Crippen LogP contribution < -0.4 is 10.6 Å². The van der Waals surface area contributed by atoms with E-state index < -0.39 is 15.5 Å². The van der Waals surface area contributed by atoms with Crippen LogP contribution in [0.15, 0.2) is 47.2 Å². The number of carbonyl (C=O) groups is 1. The van der Waals surface area contributed by atoms with Crippen molar-refractivity contribution in [1.29, 1.82) is 0 Å². The minimum absolute atomic E-state index is 0.186. The van der Waals surface area contributed by atoms with E-state index in [1.165, 1.54) is 6.26 Å². The van der Waals surface area contributed by atoms with Crippen LogP contribution in [0.3, 0.4) is 0 Å². The molecule has 2 unspecified atom stereocenters. The first kappa shape index (κ1) is 17.8. The maximum atomic E-state index is 13.1. The van der Waals surface area contributed by atoms with Crippen LogP contribution in [0.2, 0.25) is 0 Å². The highest BCUT2D eigenvalue weighted by Crippen LogP contribution is 2.27. The molecule has 25 heavy (non-hydrogen) atoms. The van der Waals surface area contributed by atoms with E-state index in [0.29, 0.717) is 38.2 Å². The van der Waals surface area contributed by atoms with Crippen molar-refractivity contribution in [1.82, 2.24) is 15.6 Å². The highest BCUT2D eigenvalue weighted by atomic mass is 32.2. The maximum absolute atomic E-state index is 13.1. The molecule has 3 rings (SSSR count). The first-order valence-corrected chi connectivity index (χ1v) is 9.96. The highest BCUT2D eigenvalue weighted by Gasteiger charge is 2.44. The van der Waals surface area contributed by atoms with Gasteiger partial charge in [-0.1, -0.05) is 30.3 Å². The van der Waals surface area contributed by atoms with Gasteiger partial charge in [-0.25, -0.2) is 4.98 Å². The third-order valence-corrected chi connectivity index (χ3v) is 6.41. The van der Waals surface area contributed by atoms with E-state index in [0.717, 1.165) is 5.56 Å². The number of hydrogen-bond acceptors (Lipinski definition) is 5. The third-order valence-electron chi connectivity index (χ3n) is 4.71. The Morgan fingerprint density at radius 1 is 1.36 bits per heavy atom. The zero-order valence-corrected chi connectivity index (χ0v) is 15.1. The molecule has 1 aromatic heterocycles. The van der Waals surface area contributed by atoms with Gasteiger partial charge >= 0.3 is 0 Å². The maximum Gasteiger partial charge on any atom is 0.239 e. The van der Waals surface area contributed by atoms with E-state index in [4.69, 9.17) is 4.42 Å². The predicted molar refractivity (Wildman–Crippen MR) is 96.4 cm³/mol. The van der Waals surface area contributed by atoms with E-state index in [-0.39, 0.29) is 11.9 Å². The van der Waals surface area contributed by atoms with E-state index in [9.17, 15) is 9.00 Å². The molecule has 0 radical (unpaired) electrons. The lowest BCUT2D eigenvalue weighted by molar-refractivity contribution is -0.125. The molecule has 0 aliphatic carbocycles. The van der Waals surface area contributed by atoms with Crippen molar-refractivity contribution >= 4 is 16.7 Å². The van der Waals surface area contributed by atoms with Gasteiger partial charge in [0.15, 0.2) is 0 Å². The van der Waals surface area contributed by atoms with Gasteiger partial charge in [-0.05, 0) is 31.5 Å². The Bertz CT molecular complexity index is 712. The number of amides is 1. The Hall–Kier alpha value is -1.99. The van der Waals surface area contributed by atoms with Crippen molar-refractivity contribution in [2.45, 2.75) is 30.1 Å². The van der Waals surface area contributed by atoms with Gasteiger partial charge in [0.2, 0.25) is 11.8 Å². The number of nitrogens with zero attached hydrogens (tertiary/aromatic N) is 1. The fourth-order valence-corrected chi connectivity index (χ4v) is 4.32. The van der Waals surface area contributed by atoms with Gasteiger partial charge in [0, 0.05) is 23.5 Å². The molecule has 0 saturated carbocycles. The molecule has 0 spiro atoms. The second kappa shape index (κ2) is 7.93. The average molecular weight is 361 g/mol. The molecule has 1 fully saturated rings. The summed E-state index contributed by atoms with van der Waals surface area (Å²) < 4.78 is 17.0. The predicted octanol–water partition coefficient (Wildman–Crippen LogP) is 1.58. The van der Waals surface area contributed by atoms with Crippen LogP contribution in [0.25, 0.3) is 0 Å². The lowest BCUT2D eigenvalue weighted by atomic mass is 9.95. The molecule has 1 saturated heterocycles. The van der Waals surface area contributed by atoms with E-state index in [2.05, 4.69) is 15.6 Å². The summed E-state index contributed by atoms with van der Waals surface area (Å²) in [6, 6.07) is 9.48. The van der Waals surface area contributed by atoms with Crippen molar-refractivity contribution < 1.29 is 13.4 Å². The average Bonchev–Trinajstić information content (AvgIpc) is 3.17. The van der Waals surface area contributed by atoms with E-state index in [1.807, 2.05) is 30.3 Å². The number of hydrogen-bond donors (Lipinski definition) is 2. The summed E-state index contributed by atoms with van der Waals surface area (Å²) in [6.45, 7) is 1.38. The number of nitrogens with one attached hydrogen (secondary N) is 2. The monoisotopic (exact) mass is 361 g/mol. The lowest BCUT2D eigenvalue weighted by Crippen LogP contribution is -2.56. The summed E-state index contributed by atoms with van der Waals surface area (Å²) in [7, 11) is -1.25. The highest BCUT2D eigenvalue weighted by molar-refractivity contribution is 7.86. The molecule has 2 N–H and O–H groups in total. The number of oxazole rings is 1. The normalized spacial score (nSPS) is 19.1. The number of piperidine rings is 1. The number of rotatable bonds is 6. The summed E-state index contributed by atoms with van der Waals surface area (Å²) in [4.78, 5) is 17.3. The summed E-state index contributed by atoms with van der Waals surface area (Å²) in [5.74, 6) is 0.275.